The largest absolute Gasteiger partial charge is 0.454 e. The van der Waals surface area contributed by atoms with Gasteiger partial charge in [-0.25, -0.2) is 0 Å². The minimum atomic E-state index is -0.270. The molecule has 0 radical (unpaired) electrons. The average molecular weight is 331 g/mol. The van der Waals surface area contributed by atoms with Gasteiger partial charge in [0.1, 0.15) is 0 Å². The van der Waals surface area contributed by atoms with E-state index < -0.39 is 0 Å². The fraction of sp³-hybridized carbons (Fsp3) is 0.190. The Labute approximate surface area is 145 Å². The summed E-state index contributed by atoms with van der Waals surface area (Å²) in [6.45, 7) is 0.209. The Morgan fingerprint density at radius 1 is 0.920 bits per heavy atom. The Bertz CT molecular complexity index is 986. The predicted octanol–water partition coefficient (Wildman–Crippen LogP) is 3.99. The first kappa shape index (κ1) is 14.3. The molecule has 1 N–H and O–H groups in total. The maximum Gasteiger partial charge on any atom is 0.252 e. The van der Waals surface area contributed by atoms with E-state index in [-0.39, 0.29) is 18.2 Å². The van der Waals surface area contributed by atoms with E-state index >= 15 is 0 Å². The van der Waals surface area contributed by atoms with Crippen LogP contribution in [0.5, 0.6) is 11.5 Å². The summed E-state index contributed by atoms with van der Waals surface area (Å²) in [7, 11) is 0. The molecule has 1 aliphatic heterocycles. The van der Waals surface area contributed by atoms with E-state index in [1.54, 1.807) is 18.2 Å². The molecular weight excluding hydrogens is 314 g/mol. The van der Waals surface area contributed by atoms with Crippen molar-refractivity contribution in [2.75, 3.05) is 6.79 Å². The lowest BCUT2D eigenvalue weighted by Gasteiger charge is -2.20. The molecule has 0 aromatic heterocycles. The van der Waals surface area contributed by atoms with E-state index in [0.717, 1.165) is 12.8 Å². The maximum absolute atomic E-state index is 12.8. The van der Waals surface area contributed by atoms with Crippen molar-refractivity contribution >= 4 is 16.7 Å². The number of benzene rings is 3. The van der Waals surface area contributed by atoms with Crippen molar-refractivity contribution < 1.29 is 14.3 Å². The van der Waals surface area contributed by atoms with Crippen molar-refractivity contribution in [3.8, 4) is 11.5 Å². The fourth-order valence-corrected chi connectivity index (χ4v) is 3.56. The SMILES string of the molecule is O=C(NC1(c2cccc3ccccc23)CC1)c1ccc2c(c1)OCO2. The molecule has 1 fully saturated rings. The van der Waals surface area contributed by atoms with Crippen LogP contribution in [0.2, 0.25) is 0 Å². The molecule has 0 saturated heterocycles. The summed E-state index contributed by atoms with van der Waals surface area (Å²) >= 11 is 0. The second-order valence-electron chi connectivity index (χ2n) is 6.63. The number of nitrogens with one attached hydrogen (secondary N) is 1. The van der Waals surface area contributed by atoms with Crippen LogP contribution in [0.3, 0.4) is 0 Å². The van der Waals surface area contributed by atoms with Crippen LogP contribution in [0.4, 0.5) is 0 Å². The van der Waals surface area contributed by atoms with Gasteiger partial charge in [-0.15, -0.1) is 0 Å². The second kappa shape index (κ2) is 5.24. The van der Waals surface area contributed by atoms with E-state index in [9.17, 15) is 4.79 Å². The number of fused-ring (bicyclic) bond motifs is 2. The molecular formula is C21H17NO3. The first-order valence-electron chi connectivity index (χ1n) is 8.46. The third-order valence-electron chi connectivity index (χ3n) is 5.04. The Morgan fingerprint density at radius 3 is 2.60 bits per heavy atom. The number of rotatable bonds is 3. The molecule has 4 nitrogen and oxygen atoms in total. The molecule has 1 amide bonds. The predicted molar refractivity (Wildman–Crippen MR) is 94.9 cm³/mol. The molecule has 124 valence electrons. The smallest absolute Gasteiger partial charge is 0.252 e. The first-order chi connectivity index (χ1) is 12.3. The monoisotopic (exact) mass is 331 g/mol. The molecule has 1 heterocycles. The number of hydrogen-bond donors (Lipinski definition) is 1. The van der Waals surface area contributed by atoms with Crippen molar-refractivity contribution in [3.63, 3.8) is 0 Å². The molecule has 0 bridgehead atoms. The number of carbonyl (C=O) groups excluding carboxylic acids is 1. The quantitative estimate of drug-likeness (QED) is 0.789. The van der Waals surface area contributed by atoms with Gasteiger partial charge >= 0.3 is 0 Å². The summed E-state index contributed by atoms with van der Waals surface area (Å²) in [5.41, 5.74) is 1.52. The van der Waals surface area contributed by atoms with Crippen LogP contribution in [-0.4, -0.2) is 12.7 Å². The molecule has 2 aliphatic rings. The normalized spacial score (nSPS) is 16.6. The van der Waals surface area contributed by atoms with Crippen molar-refractivity contribution in [2.24, 2.45) is 0 Å². The molecule has 1 aliphatic carbocycles. The zero-order chi connectivity index (χ0) is 16.9. The Kier molecular flexibility index (Phi) is 3.01. The minimum absolute atomic E-state index is 0.0799. The van der Waals surface area contributed by atoms with Crippen LogP contribution in [-0.2, 0) is 5.54 Å². The Morgan fingerprint density at radius 2 is 1.72 bits per heavy atom. The highest BCUT2D eigenvalue weighted by Crippen LogP contribution is 2.48. The molecule has 1 saturated carbocycles. The van der Waals surface area contributed by atoms with Crippen molar-refractivity contribution in [1.82, 2.24) is 5.32 Å². The van der Waals surface area contributed by atoms with Gasteiger partial charge in [-0.3, -0.25) is 4.79 Å². The molecule has 4 heteroatoms. The van der Waals surface area contributed by atoms with Crippen molar-refractivity contribution in [1.29, 1.82) is 0 Å². The summed E-state index contributed by atoms with van der Waals surface area (Å²) in [6, 6.07) is 19.9. The zero-order valence-corrected chi connectivity index (χ0v) is 13.6. The van der Waals surface area contributed by atoms with Gasteiger partial charge in [-0.1, -0.05) is 42.5 Å². The van der Waals surface area contributed by atoms with Crippen LogP contribution in [0, 0.1) is 0 Å². The topological polar surface area (TPSA) is 47.6 Å². The molecule has 3 aromatic rings. The highest BCUT2D eigenvalue weighted by atomic mass is 16.7. The van der Waals surface area contributed by atoms with Crippen molar-refractivity contribution in [2.45, 2.75) is 18.4 Å². The lowest BCUT2D eigenvalue weighted by Crippen LogP contribution is -2.35. The van der Waals surface area contributed by atoms with Gasteiger partial charge in [-0.2, -0.15) is 0 Å². The van der Waals surface area contributed by atoms with Crippen LogP contribution < -0.4 is 14.8 Å². The van der Waals surface area contributed by atoms with E-state index in [0.29, 0.717) is 17.1 Å². The summed E-state index contributed by atoms with van der Waals surface area (Å²) < 4.78 is 10.7. The third kappa shape index (κ3) is 2.33. The van der Waals surface area contributed by atoms with Gasteiger partial charge in [0.05, 0.1) is 5.54 Å². The van der Waals surface area contributed by atoms with Gasteiger partial charge in [0.2, 0.25) is 6.79 Å². The summed E-state index contributed by atoms with van der Waals surface area (Å²) in [5, 5.41) is 5.65. The molecule has 5 rings (SSSR count). The van der Waals surface area contributed by atoms with E-state index in [1.165, 1.54) is 16.3 Å². The lowest BCUT2D eigenvalue weighted by molar-refractivity contribution is 0.0930. The van der Waals surface area contributed by atoms with Crippen LogP contribution in [0.15, 0.2) is 60.7 Å². The molecule has 0 spiro atoms. The van der Waals surface area contributed by atoms with E-state index in [1.807, 2.05) is 12.1 Å². The van der Waals surface area contributed by atoms with Gasteiger partial charge in [0, 0.05) is 5.56 Å². The number of ether oxygens (including phenoxy) is 2. The zero-order valence-electron chi connectivity index (χ0n) is 13.6. The van der Waals surface area contributed by atoms with Crippen LogP contribution in [0.25, 0.3) is 10.8 Å². The third-order valence-corrected chi connectivity index (χ3v) is 5.04. The molecule has 25 heavy (non-hydrogen) atoms. The standard InChI is InChI=1S/C21H17NO3/c23-20(15-8-9-18-19(12-15)25-13-24-18)22-21(10-11-21)17-7-3-5-14-4-1-2-6-16(14)17/h1-9,12H,10-11,13H2,(H,22,23). The van der Waals surface area contributed by atoms with Crippen molar-refractivity contribution in [3.05, 3.63) is 71.8 Å². The van der Waals surface area contributed by atoms with E-state index in [4.69, 9.17) is 9.47 Å². The number of carbonyl (C=O) groups is 1. The molecule has 0 atom stereocenters. The highest BCUT2D eigenvalue weighted by Gasteiger charge is 2.46. The number of amides is 1. The second-order valence-corrected chi connectivity index (χ2v) is 6.63. The summed E-state index contributed by atoms with van der Waals surface area (Å²) in [6.07, 6.45) is 1.91. The molecule has 3 aromatic carbocycles. The van der Waals surface area contributed by atoms with Crippen LogP contribution in [0.1, 0.15) is 28.8 Å². The Hall–Kier alpha value is -3.01. The summed E-state index contributed by atoms with van der Waals surface area (Å²) in [4.78, 5) is 12.8. The Balaban J connectivity index is 1.48. The number of hydrogen-bond acceptors (Lipinski definition) is 3. The minimum Gasteiger partial charge on any atom is -0.454 e. The first-order valence-corrected chi connectivity index (χ1v) is 8.46. The van der Waals surface area contributed by atoms with Gasteiger partial charge in [-0.05, 0) is 47.4 Å². The molecule has 0 unspecified atom stereocenters. The lowest BCUT2D eigenvalue weighted by atomic mass is 9.96. The van der Waals surface area contributed by atoms with Crippen LogP contribution >= 0.6 is 0 Å². The van der Waals surface area contributed by atoms with Gasteiger partial charge in [0.25, 0.3) is 5.91 Å². The summed E-state index contributed by atoms with van der Waals surface area (Å²) in [5.74, 6) is 1.23. The highest BCUT2D eigenvalue weighted by molar-refractivity contribution is 5.96. The fourth-order valence-electron chi connectivity index (χ4n) is 3.56. The average Bonchev–Trinajstić information content (AvgIpc) is 3.27. The van der Waals surface area contributed by atoms with Gasteiger partial charge in [0.15, 0.2) is 11.5 Å². The maximum atomic E-state index is 12.8. The van der Waals surface area contributed by atoms with Gasteiger partial charge < -0.3 is 14.8 Å². The van der Waals surface area contributed by atoms with E-state index in [2.05, 4.69) is 35.6 Å².